The number of aliphatic hydroxyl groups is 1. The van der Waals surface area contributed by atoms with Crippen molar-refractivity contribution in [2.75, 3.05) is 82.7 Å². The lowest BCUT2D eigenvalue weighted by Crippen LogP contribution is -2.63. The molecule has 21 heteroatoms. The number of carbonyl (C=O) groups excluding carboxylic acids is 4. The van der Waals surface area contributed by atoms with E-state index in [-0.39, 0.29) is 30.2 Å². The third-order valence-electron chi connectivity index (χ3n) is 11.7. The number of ether oxygens (including phenoxy) is 7. The van der Waals surface area contributed by atoms with Crippen LogP contribution >= 0.6 is 35.1 Å². The number of carboxylic acids is 1. The van der Waals surface area contributed by atoms with E-state index in [9.17, 15) is 29.1 Å². The highest BCUT2D eigenvalue weighted by Crippen LogP contribution is 2.49. The lowest BCUT2D eigenvalue weighted by molar-refractivity contribution is -0.162. The van der Waals surface area contributed by atoms with Crippen molar-refractivity contribution in [1.82, 2.24) is 10.2 Å². The molecule has 3 amide bonds. The molecule has 0 spiro atoms. The average Bonchev–Trinajstić information content (AvgIpc) is 3.96. The van der Waals surface area contributed by atoms with E-state index < -0.39 is 77.7 Å². The maximum absolute atomic E-state index is 14.3. The first-order valence-corrected chi connectivity index (χ1v) is 24.1. The molecule has 4 bridgehead atoms. The molecule has 3 heterocycles. The smallest absolute Gasteiger partial charge is 0.409 e. The number of anilines is 1. The summed E-state index contributed by atoms with van der Waals surface area (Å²) in [6, 6.07) is 1.64. The zero-order chi connectivity index (χ0) is 48.1. The number of epoxide rings is 1. The first-order chi connectivity index (χ1) is 30.8. The number of hydrogen-bond acceptors (Lipinski definition) is 16. The van der Waals surface area contributed by atoms with E-state index in [4.69, 9.17) is 55.6 Å². The number of allylic oxidation sites excluding steroid dienone is 3. The van der Waals surface area contributed by atoms with Crippen LogP contribution in [0.15, 0.2) is 35.9 Å². The molecule has 65 heavy (non-hydrogen) atoms. The fraction of sp³-hybridized carbons (Fsp3) is 0.659. The minimum atomic E-state index is -1.85. The number of thioether (sulfide) groups is 2. The van der Waals surface area contributed by atoms with E-state index in [1.54, 1.807) is 52.1 Å². The van der Waals surface area contributed by atoms with E-state index in [1.165, 1.54) is 54.6 Å². The molecule has 9 atom stereocenters. The van der Waals surface area contributed by atoms with Gasteiger partial charge in [0, 0.05) is 63.0 Å². The van der Waals surface area contributed by atoms with Crippen LogP contribution in [0.1, 0.15) is 52.5 Å². The largest absolute Gasteiger partial charge is 0.495 e. The monoisotopic (exact) mass is 972 g/mol. The molecule has 1 aromatic carbocycles. The van der Waals surface area contributed by atoms with Gasteiger partial charge in [0.05, 0.1) is 51.7 Å². The average molecular weight is 974 g/mol. The van der Waals surface area contributed by atoms with Crippen LogP contribution in [0, 0.1) is 5.92 Å². The Labute approximate surface area is 394 Å². The number of rotatable bonds is 20. The van der Waals surface area contributed by atoms with Crippen LogP contribution in [0.25, 0.3) is 0 Å². The highest BCUT2D eigenvalue weighted by Gasteiger charge is 2.64. The topological polar surface area (TPSA) is 238 Å². The Bertz CT molecular complexity index is 1890. The molecule has 2 fully saturated rings. The highest BCUT2D eigenvalue weighted by molar-refractivity contribution is 7.99. The number of fused-ring (bicyclic) bond motifs is 5. The van der Waals surface area contributed by atoms with Crippen molar-refractivity contribution in [3.8, 4) is 5.75 Å². The van der Waals surface area contributed by atoms with Gasteiger partial charge < -0.3 is 58.9 Å². The summed E-state index contributed by atoms with van der Waals surface area (Å²) in [5, 5.41) is 23.3. The van der Waals surface area contributed by atoms with Gasteiger partial charge >= 0.3 is 18.0 Å². The van der Waals surface area contributed by atoms with Gasteiger partial charge in [-0.1, -0.05) is 42.3 Å². The zero-order valence-electron chi connectivity index (χ0n) is 38.4. The molecule has 3 aliphatic heterocycles. The molecule has 5 N–H and O–H groups in total. The van der Waals surface area contributed by atoms with Gasteiger partial charge in [-0.2, -0.15) is 23.5 Å². The maximum Gasteiger partial charge on any atom is 0.409 e. The molecule has 1 unspecified atom stereocenters. The van der Waals surface area contributed by atoms with E-state index in [0.717, 1.165) is 11.1 Å². The van der Waals surface area contributed by atoms with E-state index in [1.807, 2.05) is 13.0 Å². The van der Waals surface area contributed by atoms with Gasteiger partial charge in [0.2, 0.25) is 11.8 Å². The fourth-order valence-corrected chi connectivity index (χ4v) is 9.37. The lowest BCUT2D eigenvalue weighted by atomic mass is 9.83. The van der Waals surface area contributed by atoms with Crippen molar-refractivity contribution in [3.05, 3.63) is 46.5 Å². The zero-order valence-corrected chi connectivity index (χ0v) is 40.8. The number of likely N-dealkylation sites (N-methyl/N-ethyl adjacent to an activating group) is 1. The number of nitrogens with zero attached hydrogens (tertiary/aromatic N) is 2. The SMILES string of the molecule is COc1cc2cc(c1Cl)N(C)C(=O)C[C@H](OC(=O)[C@H](C)N(C)C(=O)CCSCCOCCOCCSCC(N)C(=O)O)[C@]1(C)O[C@H]1[C@H](C)[C@@H]1C[C@@](O)(NC(=O)O1)[C@H](OC)/C=C/C=C(\C)C2. The summed E-state index contributed by atoms with van der Waals surface area (Å²) in [5.74, 6) is -0.663. The minimum Gasteiger partial charge on any atom is -0.495 e. The number of esters is 1. The third-order valence-corrected chi connectivity index (χ3v) is 14.1. The number of aliphatic carboxylic acids is 1. The predicted octanol–water partition coefficient (Wildman–Crippen LogP) is 3.82. The number of alkyl carbamates (subject to hydrolysis) is 1. The second-order valence-electron chi connectivity index (χ2n) is 16.5. The van der Waals surface area contributed by atoms with Crippen molar-refractivity contribution in [3.63, 3.8) is 0 Å². The summed E-state index contributed by atoms with van der Waals surface area (Å²) >= 11 is 9.73. The van der Waals surface area contributed by atoms with Gasteiger partial charge in [0.15, 0.2) is 5.72 Å². The number of amides is 3. The molecule has 0 aliphatic carbocycles. The van der Waals surface area contributed by atoms with Crippen molar-refractivity contribution < 1.29 is 67.3 Å². The molecule has 1 aromatic rings. The van der Waals surface area contributed by atoms with Crippen LogP contribution in [0.3, 0.4) is 0 Å². The number of nitrogens with one attached hydrogen (secondary N) is 1. The standard InChI is InChI=1S/C44H65ClN4O14S2/c1-26-10-9-11-34(58-8)44(56)24-33(61-42(55)47-44)27(2)39-43(4,63-39)35(23-37(51)49(6)31-21-29(20-26)22-32(57-7)38(31)45)62-41(54)28(3)48(5)36(50)12-17-64-18-15-59-13-14-60-16-19-65-25-30(46)40(52)53/h9-11,21-22,27-28,30,33-35,39,56H,12-20,23-25,46H2,1-8H3,(H,47,55)(H,52,53)/b11-9+,26-10+/t27-,28+,30?,33+,34-,35+,39+,43+,44+/m1/s1. The second-order valence-corrected chi connectivity index (χ2v) is 19.3. The molecular formula is C44H65ClN4O14S2. The number of carboxylic acid groups (broad SMARTS) is 1. The molecule has 0 radical (unpaired) electrons. The second kappa shape index (κ2) is 25.0. The summed E-state index contributed by atoms with van der Waals surface area (Å²) in [5.41, 5.74) is 4.45. The molecule has 0 aromatic heterocycles. The molecule has 0 saturated carbocycles. The Kier molecular flexibility index (Phi) is 20.7. The van der Waals surface area contributed by atoms with Gasteiger partial charge in [-0.05, 0) is 44.9 Å². The van der Waals surface area contributed by atoms with Gasteiger partial charge in [-0.15, -0.1) is 0 Å². The number of nitrogens with two attached hydrogens (primary N) is 1. The van der Waals surface area contributed by atoms with Crippen molar-refractivity contribution >= 4 is 70.7 Å². The van der Waals surface area contributed by atoms with E-state index in [2.05, 4.69) is 5.32 Å². The quantitative estimate of drug-likeness (QED) is 0.0826. The van der Waals surface area contributed by atoms with Gasteiger partial charge in [0.25, 0.3) is 0 Å². The third kappa shape index (κ3) is 14.9. The Morgan fingerprint density at radius 2 is 1.78 bits per heavy atom. The van der Waals surface area contributed by atoms with Crippen LogP contribution < -0.4 is 20.7 Å². The van der Waals surface area contributed by atoms with Crippen molar-refractivity contribution in [1.29, 1.82) is 0 Å². The van der Waals surface area contributed by atoms with Crippen molar-refractivity contribution in [2.45, 2.75) is 101 Å². The number of hydrogen-bond donors (Lipinski definition) is 4. The lowest BCUT2D eigenvalue weighted by Gasteiger charge is -2.42. The van der Waals surface area contributed by atoms with Crippen LogP contribution in [0.5, 0.6) is 5.75 Å². The molecular weight excluding hydrogens is 908 g/mol. The highest BCUT2D eigenvalue weighted by atomic mass is 35.5. The van der Waals surface area contributed by atoms with Gasteiger partial charge in [-0.25, -0.2) is 9.59 Å². The summed E-state index contributed by atoms with van der Waals surface area (Å²) in [4.78, 5) is 67.8. The Hall–Kier alpha value is -3.60. The summed E-state index contributed by atoms with van der Waals surface area (Å²) in [7, 11) is 5.99. The van der Waals surface area contributed by atoms with Crippen LogP contribution in [0.4, 0.5) is 10.5 Å². The van der Waals surface area contributed by atoms with Gasteiger partial charge in [0.1, 0.15) is 46.8 Å². The minimum absolute atomic E-state index is 0.0717. The van der Waals surface area contributed by atoms with Gasteiger partial charge in [-0.3, -0.25) is 19.7 Å². The fourth-order valence-electron chi connectivity index (χ4n) is 7.50. The number of benzene rings is 1. The number of halogens is 1. The van der Waals surface area contributed by atoms with E-state index in [0.29, 0.717) is 67.3 Å². The summed E-state index contributed by atoms with van der Waals surface area (Å²) in [6.07, 6.45) is 0.864. The first-order valence-electron chi connectivity index (χ1n) is 21.4. The first kappa shape index (κ1) is 54.0. The summed E-state index contributed by atoms with van der Waals surface area (Å²) in [6.45, 7) is 8.65. The van der Waals surface area contributed by atoms with Crippen molar-refractivity contribution in [2.24, 2.45) is 11.7 Å². The Balaban J connectivity index is 1.43. The maximum atomic E-state index is 14.3. The molecule has 18 nitrogen and oxygen atoms in total. The molecule has 4 rings (SSSR count). The van der Waals surface area contributed by atoms with Crippen LogP contribution in [0.2, 0.25) is 5.02 Å². The number of carbonyl (C=O) groups is 5. The molecule has 364 valence electrons. The Morgan fingerprint density at radius 3 is 2.43 bits per heavy atom. The predicted molar refractivity (Wildman–Crippen MR) is 247 cm³/mol. The van der Waals surface area contributed by atoms with E-state index >= 15 is 0 Å². The number of methoxy groups -OCH3 is 2. The van der Waals surface area contributed by atoms with Crippen LogP contribution in [-0.4, -0.2) is 171 Å². The molecule has 2 saturated heterocycles. The summed E-state index contributed by atoms with van der Waals surface area (Å²) < 4.78 is 40.4. The Morgan fingerprint density at radius 1 is 1.11 bits per heavy atom. The van der Waals surface area contributed by atoms with Crippen LogP contribution in [-0.2, 0) is 54.0 Å². The molecule has 3 aliphatic rings. The normalized spacial score (nSPS) is 28.1.